The van der Waals surface area contributed by atoms with Crippen LogP contribution in [0.1, 0.15) is 6.42 Å². The van der Waals surface area contributed by atoms with Crippen molar-refractivity contribution in [3.63, 3.8) is 0 Å². The molecule has 1 atom stereocenters. The summed E-state index contributed by atoms with van der Waals surface area (Å²) in [7, 11) is 0. The lowest BCUT2D eigenvalue weighted by Gasteiger charge is -2.24. The quantitative estimate of drug-likeness (QED) is 0.877. The highest BCUT2D eigenvalue weighted by Gasteiger charge is 2.20. The molecule has 2 aliphatic heterocycles. The van der Waals surface area contributed by atoms with Crippen molar-refractivity contribution in [3.05, 3.63) is 18.2 Å². The monoisotopic (exact) mass is 314 g/mol. The Morgan fingerprint density at radius 3 is 2.95 bits per heavy atom. The highest BCUT2D eigenvalue weighted by molar-refractivity contribution is 5.93. The fraction of sp³-hybridized carbons (Fsp3) is 0.500. The lowest BCUT2D eigenvalue weighted by molar-refractivity contribution is -0.117. The van der Waals surface area contributed by atoms with Gasteiger partial charge in [-0.1, -0.05) is 6.07 Å². The molecule has 2 aliphatic rings. The molecule has 2 heterocycles. The van der Waals surface area contributed by atoms with Gasteiger partial charge in [0.1, 0.15) is 13.2 Å². The molecule has 0 spiro atoms. The predicted octanol–water partition coefficient (Wildman–Crippen LogP) is 1.20. The van der Waals surface area contributed by atoms with Crippen LogP contribution < -0.4 is 20.1 Å². The van der Waals surface area contributed by atoms with Crippen LogP contribution in [0.15, 0.2) is 18.2 Å². The van der Waals surface area contributed by atoms with Crippen LogP contribution in [0.2, 0.25) is 0 Å². The number of nitrogens with one attached hydrogen (secondary N) is 2. The molecule has 3 rings (SSSR count). The number of carbonyl (C=O) groups excluding carboxylic acids is 1. The van der Waals surface area contributed by atoms with Crippen molar-refractivity contribution in [2.75, 3.05) is 38.3 Å². The first-order valence-corrected chi connectivity index (χ1v) is 6.82. The van der Waals surface area contributed by atoms with Crippen molar-refractivity contribution in [3.8, 4) is 11.5 Å². The molecule has 0 bridgehead atoms. The number of fused-ring (bicyclic) bond motifs is 1. The number of carbonyl (C=O) groups is 1. The lowest BCUT2D eigenvalue weighted by Crippen LogP contribution is -2.43. The first-order chi connectivity index (χ1) is 9.83. The Labute approximate surface area is 129 Å². The summed E-state index contributed by atoms with van der Waals surface area (Å²) >= 11 is 0. The van der Waals surface area contributed by atoms with Crippen LogP contribution in [-0.4, -0.2) is 44.9 Å². The second kappa shape index (κ2) is 7.49. The maximum absolute atomic E-state index is 12.1. The van der Waals surface area contributed by atoms with E-state index in [2.05, 4.69) is 10.6 Å². The van der Waals surface area contributed by atoms with E-state index in [1.165, 1.54) is 0 Å². The van der Waals surface area contributed by atoms with Gasteiger partial charge in [0.25, 0.3) is 0 Å². The van der Waals surface area contributed by atoms with Gasteiger partial charge in [0.15, 0.2) is 11.5 Å². The Morgan fingerprint density at radius 1 is 1.29 bits per heavy atom. The van der Waals surface area contributed by atoms with E-state index in [1.807, 2.05) is 18.2 Å². The summed E-state index contributed by atoms with van der Waals surface area (Å²) in [4.78, 5) is 12.1. The summed E-state index contributed by atoms with van der Waals surface area (Å²) < 4.78 is 16.4. The van der Waals surface area contributed by atoms with Gasteiger partial charge in [0.05, 0.1) is 18.9 Å². The Hall–Kier alpha value is -1.50. The van der Waals surface area contributed by atoms with Gasteiger partial charge in [0.2, 0.25) is 5.91 Å². The smallest absolute Gasteiger partial charge is 0.226 e. The highest BCUT2D eigenvalue weighted by atomic mass is 35.5. The average molecular weight is 315 g/mol. The number of amides is 1. The fourth-order valence-electron chi connectivity index (χ4n) is 2.35. The van der Waals surface area contributed by atoms with Gasteiger partial charge in [-0.3, -0.25) is 4.79 Å². The van der Waals surface area contributed by atoms with Crippen molar-refractivity contribution in [1.82, 2.24) is 5.32 Å². The number of rotatable bonds is 3. The van der Waals surface area contributed by atoms with Crippen molar-refractivity contribution in [1.29, 1.82) is 0 Å². The van der Waals surface area contributed by atoms with Crippen molar-refractivity contribution < 1.29 is 19.0 Å². The number of hydrogen-bond donors (Lipinski definition) is 2. The molecule has 1 saturated heterocycles. The molecular formula is C14H19ClN2O4. The van der Waals surface area contributed by atoms with E-state index < -0.39 is 0 Å². The second-order valence-electron chi connectivity index (χ2n) is 4.81. The zero-order valence-corrected chi connectivity index (χ0v) is 12.4. The Bertz CT molecular complexity index is 492. The van der Waals surface area contributed by atoms with E-state index >= 15 is 0 Å². The molecule has 1 amide bonds. The van der Waals surface area contributed by atoms with Gasteiger partial charge in [-0.05, 0) is 12.1 Å². The van der Waals surface area contributed by atoms with Crippen LogP contribution in [0.25, 0.3) is 0 Å². The first-order valence-electron chi connectivity index (χ1n) is 6.82. The molecule has 1 unspecified atom stereocenters. The number of hydrogen-bond acceptors (Lipinski definition) is 5. The average Bonchev–Trinajstić information content (AvgIpc) is 2.48. The SMILES string of the molecule is Cl.O=C(CC1COCCN1)Nc1cccc2c1OCCO2. The maximum Gasteiger partial charge on any atom is 0.226 e. The normalized spacial score (nSPS) is 20.3. The molecule has 0 aliphatic carbocycles. The summed E-state index contributed by atoms with van der Waals surface area (Å²) in [5.74, 6) is 1.23. The summed E-state index contributed by atoms with van der Waals surface area (Å²) in [6.07, 6.45) is 0.379. The Kier molecular flexibility index (Phi) is 5.67. The van der Waals surface area contributed by atoms with Crippen LogP contribution in [0.5, 0.6) is 11.5 Å². The first kappa shape index (κ1) is 15.9. The minimum atomic E-state index is -0.0597. The van der Waals surface area contributed by atoms with Crippen LogP contribution in [0.3, 0.4) is 0 Å². The molecular weight excluding hydrogens is 296 g/mol. The largest absolute Gasteiger partial charge is 0.486 e. The van der Waals surface area contributed by atoms with Crippen molar-refractivity contribution >= 4 is 24.0 Å². The topological polar surface area (TPSA) is 68.8 Å². The third kappa shape index (κ3) is 4.00. The minimum Gasteiger partial charge on any atom is -0.486 e. The zero-order valence-electron chi connectivity index (χ0n) is 11.6. The number of benzene rings is 1. The van der Waals surface area contributed by atoms with E-state index in [4.69, 9.17) is 14.2 Å². The van der Waals surface area contributed by atoms with Gasteiger partial charge in [0, 0.05) is 19.0 Å². The van der Waals surface area contributed by atoms with Gasteiger partial charge in [-0.2, -0.15) is 0 Å². The van der Waals surface area contributed by atoms with Crippen molar-refractivity contribution in [2.24, 2.45) is 0 Å². The molecule has 0 saturated carbocycles. The van der Waals surface area contributed by atoms with Gasteiger partial charge in [-0.25, -0.2) is 0 Å². The summed E-state index contributed by atoms with van der Waals surface area (Å²) in [5.41, 5.74) is 0.656. The fourth-order valence-corrected chi connectivity index (χ4v) is 2.35. The van der Waals surface area contributed by atoms with E-state index in [-0.39, 0.29) is 24.4 Å². The molecule has 1 aromatic carbocycles. The lowest BCUT2D eigenvalue weighted by atomic mass is 10.2. The summed E-state index contributed by atoms with van der Waals surface area (Å²) in [5, 5.41) is 6.13. The Balaban J connectivity index is 0.00000161. The van der Waals surface area contributed by atoms with E-state index in [0.717, 1.165) is 6.54 Å². The highest BCUT2D eigenvalue weighted by Crippen LogP contribution is 2.37. The van der Waals surface area contributed by atoms with Gasteiger partial charge < -0.3 is 24.8 Å². The number of para-hydroxylation sites is 1. The van der Waals surface area contributed by atoms with Crippen LogP contribution in [0.4, 0.5) is 5.69 Å². The maximum atomic E-state index is 12.1. The molecule has 2 N–H and O–H groups in total. The number of anilines is 1. The van der Waals surface area contributed by atoms with Gasteiger partial charge >= 0.3 is 0 Å². The molecule has 1 fully saturated rings. The van der Waals surface area contributed by atoms with E-state index in [1.54, 1.807) is 0 Å². The molecule has 7 heteroatoms. The number of halogens is 1. The molecule has 0 aromatic heterocycles. The van der Waals surface area contributed by atoms with Gasteiger partial charge in [-0.15, -0.1) is 12.4 Å². The van der Waals surface area contributed by atoms with E-state index in [9.17, 15) is 4.79 Å². The van der Waals surface area contributed by atoms with Crippen molar-refractivity contribution in [2.45, 2.75) is 12.5 Å². The van der Waals surface area contributed by atoms with Crippen LogP contribution in [-0.2, 0) is 9.53 Å². The number of morpholine rings is 1. The minimum absolute atomic E-state index is 0. The Morgan fingerprint density at radius 2 is 2.14 bits per heavy atom. The predicted molar refractivity (Wildman–Crippen MR) is 80.5 cm³/mol. The summed E-state index contributed by atoms with van der Waals surface area (Å²) in [6, 6.07) is 5.56. The second-order valence-corrected chi connectivity index (χ2v) is 4.81. The molecule has 116 valence electrons. The van der Waals surface area contributed by atoms with Crippen LogP contribution in [0, 0.1) is 0 Å². The standard InChI is InChI=1S/C14H18N2O4.ClH/c17-13(8-10-9-18-5-4-15-10)16-11-2-1-3-12-14(11)20-7-6-19-12;/h1-3,10,15H,4-9H2,(H,16,17);1H. The van der Waals surface area contributed by atoms with E-state index in [0.29, 0.717) is 50.0 Å². The van der Waals surface area contributed by atoms with Crippen LogP contribution >= 0.6 is 12.4 Å². The molecule has 6 nitrogen and oxygen atoms in total. The number of ether oxygens (including phenoxy) is 3. The summed E-state index contributed by atoms with van der Waals surface area (Å²) in [6.45, 7) is 3.09. The molecule has 21 heavy (non-hydrogen) atoms. The zero-order chi connectivity index (χ0) is 13.8. The third-order valence-electron chi connectivity index (χ3n) is 3.27. The molecule has 1 aromatic rings. The molecule has 0 radical (unpaired) electrons. The third-order valence-corrected chi connectivity index (χ3v) is 3.27.